The van der Waals surface area contributed by atoms with Gasteiger partial charge >= 0.3 is 5.97 Å². The first-order valence-corrected chi connectivity index (χ1v) is 11.9. The Balaban J connectivity index is 1.49. The van der Waals surface area contributed by atoms with Crippen molar-refractivity contribution in [3.63, 3.8) is 0 Å². The van der Waals surface area contributed by atoms with E-state index in [-0.39, 0.29) is 6.42 Å². The monoisotopic (exact) mass is 477 g/mol. The molecule has 0 spiro atoms. The van der Waals surface area contributed by atoms with Gasteiger partial charge in [-0.3, -0.25) is 4.79 Å². The number of aryl methyl sites for hydroxylation is 1. The van der Waals surface area contributed by atoms with E-state index in [1.54, 1.807) is 7.11 Å². The second kappa shape index (κ2) is 11.1. The van der Waals surface area contributed by atoms with Gasteiger partial charge in [0.05, 0.1) is 19.2 Å². The number of methoxy groups -OCH3 is 1. The third-order valence-corrected chi connectivity index (χ3v) is 6.10. The zero-order chi connectivity index (χ0) is 24.8. The highest BCUT2D eigenvalue weighted by atomic mass is 16.6. The van der Waals surface area contributed by atoms with Crippen LogP contribution in [0.15, 0.2) is 36.7 Å². The van der Waals surface area contributed by atoms with Crippen LogP contribution in [0.4, 0.5) is 5.82 Å². The molecule has 2 aromatic carbocycles. The molecule has 1 aromatic heterocycles. The van der Waals surface area contributed by atoms with Crippen LogP contribution in [0.5, 0.6) is 17.2 Å². The maximum Gasteiger partial charge on any atom is 0.307 e. The minimum absolute atomic E-state index is 0.0227. The van der Waals surface area contributed by atoms with Gasteiger partial charge in [-0.1, -0.05) is 25.5 Å². The van der Waals surface area contributed by atoms with E-state index in [0.29, 0.717) is 19.8 Å². The molecule has 0 unspecified atom stereocenters. The number of carboxylic acid groups (broad SMARTS) is 1. The van der Waals surface area contributed by atoms with Crippen molar-refractivity contribution >= 4 is 11.8 Å². The molecule has 0 atom stereocenters. The van der Waals surface area contributed by atoms with Crippen LogP contribution in [-0.4, -0.2) is 47.9 Å². The summed E-state index contributed by atoms with van der Waals surface area (Å²) >= 11 is 0. The first-order valence-electron chi connectivity index (χ1n) is 11.9. The summed E-state index contributed by atoms with van der Waals surface area (Å²) in [6.45, 7) is 5.83. The number of hydrogen-bond acceptors (Lipinski definition) is 7. The van der Waals surface area contributed by atoms with Gasteiger partial charge in [-0.2, -0.15) is 0 Å². The second-order valence-electron chi connectivity index (χ2n) is 8.48. The molecule has 184 valence electrons. The van der Waals surface area contributed by atoms with Gasteiger partial charge in [0.25, 0.3) is 0 Å². The van der Waals surface area contributed by atoms with Crippen LogP contribution in [-0.2, 0) is 24.1 Å². The van der Waals surface area contributed by atoms with E-state index in [9.17, 15) is 9.90 Å². The number of rotatable bonds is 10. The van der Waals surface area contributed by atoms with Crippen molar-refractivity contribution in [2.24, 2.45) is 0 Å². The van der Waals surface area contributed by atoms with E-state index in [1.165, 1.54) is 6.33 Å². The molecule has 8 nitrogen and oxygen atoms in total. The zero-order valence-corrected chi connectivity index (χ0v) is 20.4. The Bertz CT molecular complexity index is 1210. The summed E-state index contributed by atoms with van der Waals surface area (Å²) in [7, 11) is 1.66. The molecule has 2 heterocycles. The van der Waals surface area contributed by atoms with Gasteiger partial charge < -0.3 is 24.6 Å². The van der Waals surface area contributed by atoms with Gasteiger partial charge in [-0.25, -0.2) is 9.97 Å². The molecule has 0 aliphatic carbocycles. The molecule has 0 saturated carbocycles. The minimum atomic E-state index is -0.825. The maximum atomic E-state index is 11.2. The smallest absolute Gasteiger partial charge is 0.307 e. The predicted octanol–water partition coefficient (Wildman–Crippen LogP) is 4.47. The Morgan fingerprint density at radius 1 is 1.11 bits per heavy atom. The van der Waals surface area contributed by atoms with Crippen molar-refractivity contribution in [1.82, 2.24) is 9.97 Å². The molecule has 0 radical (unpaired) electrons. The van der Waals surface area contributed by atoms with Crippen LogP contribution in [0.3, 0.4) is 0 Å². The quantitative estimate of drug-likeness (QED) is 0.441. The molecule has 0 amide bonds. The minimum Gasteiger partial charge on any atom is -0.496 e. The van der Waals surface area contributed by atoms with E-state index < -0.39 is 5.97 Å². The number of anilines is 1. The van der Waals surface area contributed by atoms with Gasteiger partial charge in [0.2, 0.25) is 0 Å². The lowest BCUT2D eigenvalue weighted by atomic mass is 9.97. The average molecular weight is 478 g/mol. The molecule has 35 heavy (non-hydrogen) atoms. The van der Waals surface area contributed by atoms with Crippen LogP contribution >= 0.6 is 0 Å². The number of hydrogen-bond donors (Lipinski definition) is 2. The van der Waals surface area contributed by atoms with Crippen LogP contribution < -0.4 is 19.5 Å². The number of nitrogens with zero attached hydrogens (tertiary/aromatic N) is 2. The lowest BCUT2D eigenvalue weighted by Gasteiger charge is -2.23. The van der Waals surface area contributed by atoms with Crippen molar-refractivity contribution in [2.45, 2.75) is 39.5 Å². The summed E-state index contributed by atoms with van der Waals surface area (Å²) in [6.07, 6.45) is 4.04. The molecule has 1 aliphatic rings. The number of ether oxygens (including phenoxy) is 3. The van der Waals surface area contributed by atoms with Gasteiger partial charge in [-0.05, 0) is 37.0 Å². The van der Waals surface area contributed by atoms with Crippen LogP contribution in [0, 0.1) is 6.92 Å². The fourth-order valence-corrected chi connectivity index (χ4v) is 4.40. The van der Waals surface area contributed by atoms with Crippen molar-refractivity contribution in [2.75, 3.05) is 32.2 Å². The van der Waals surface area contributed by atoms with Crippen molar-refractivity contribution in [1.29, 1.82) is 0 Å². The third-order valence-electron chi connectivity index (χ3n) is 6.10. The molecular formula is C27H31N3O5. The molecule has 4 rings (SSSR count). The lowest BCUT2D eigenvalue weighted by molar-refractivity contribution is -0.136. The summed E-state index contributed by atoms with van der Waals surface area (Å²) < 4.78 is 17.2. The molecular weight excluding hydrogens is 446 g/mol. The number of aromatic nitrogens is 2. The Morgan fingerprint density at radius 3 is 2.71 bits per heavy atom. The van der Waals surface area contributed by atoms with Crippen molar-refractivity contribution in [3.05, 3.63) is 58.9 Å². The van der Waals surface area contributed by atoms with Gasteiger partial charge in [-0.15, -0.1) is 0 Å². The van der Waals surface area contributed by atoms with Gasteiger partial charge in [0, 0.05) is 35.4 Å². The highest BCUT2D eigenvalue weighted by Crippen LogP contribution is 2.41. The van der Waals surface area contributed by atoms with E-state index in [2.05, 4.69) is 22.2 Å². The third kappa shape index (κ3) is 5.65. The van der Waals surface area contributed by atoms with Crippen LogP contribution in [0.25, 0.3) is 11.3 Å². The Labute approximate surface area is 205 Å². The van der Waals surface area contributed by atoms with E-state index >= 15 is 0 Å². The van der Waals surface area contributed by atoms with Crippen molar-refractivity contribution < 1.29 is 24.1 Å². The Morgan fingerprint density at radius 2 is 1.94 bits per heavy atom. The lowest BCUT2D eigenvalue weighted by Crippen LogP contribution is -2.17. The van der Waals surface area contributed by atoms with E-state index in [1.807, 2.05) is 37.3 Å². The summed E-state index contributed by atoms with van der Waals surface area (Å²) in [5.74, 6) is 2.18. The Hall–Kier alpha value is -3.81. The van der Waals surface area contributed by atoms with E-state index in [0.717, 1.165) is 75.8 Å². The highest BCUT2D eigenvalue weighted by Gasteiger charge is 2.21. The summed E-state index contributed by atoms with van der Waals surface area (Å²) in [4.78, 5) is 20.0. The summed E-state index contributed by atoms with van der Waals surface area (Å²) in [5.41, 5.74) is 5.71. The number of aliphatic carboxylic acids is 1. The first kappa shape index (κ1) is 24.3. The molecule has 8 heteroatoms. The normalized spacial score (nSPS) is 12.3. The number of fused-ring (bicyclic) bond motifs is 1. The fourth-order valence-electron chi connectivity index (χ4n) is 4.40. The largest absolute Gasteiger partial charge is 0.496 e. The average Bonchev–Trinajstić information content (AvgIpc) is 2.86. The number of benzene rings is 2. The zero-order valence-electron chi connectivity index (χ0n) is 20.4. The van der Waals surface area contributed by atoms with E-state index in [4.69, 9.17) is 14.2 Å². The van der Waals surface area contributed by atoms with Crippen LogP contribution in [0.1, 0.15) is 35.6 Å². The molecule has 3 aromatic rings. The molecule has 1 aliphatic heterocycles. The number of carbonyl (C=O) groups is 1. The highest BCUT2D eigenvalue weighted by molar-refractivity contribution is 5.72. The number of carboxylic acids is 1. The fraction of sp³-hybridized carbons (Fsp3) is 0.370. The van der Waals surface area contributed by atoms with Gasteiger partial charge in [0.15, 0.2) is 11.5 Å². The second-order valence-corrected chi connectivity index (χ2v) is 8.48. The molecule has 2 N–H and O–H groups in total. The maximum absolute atomic E-state index is 11.2. The molecule has 0 saturated heterocycles. The van der Waals surface area contributed by atoms with Gasteiger partial charge in [0.1, 0.15) is 31.1 Å². The topological polar surface area (TPSA) is 103 Å². The van der Waals surface area contributed by atoms with Crippen LogP contribution in [0.2, 0.25) is 0 Å². The standard InChI is InChI=1S/C27H31N3O5/c1-4-5-18-12-20(7-6-19(18)13-26(31)32)22-14-25(30-16-29-22)28-9-8-21-17(2)27-24(15-23(21)33-3)34-10-11-35-27/h6-7,12,14-16H,4-5,8-11,13H2,1-3H3,(H,31,32)(H,28,29,30). The predicted molar refractivity (Wildman–Crippen MR) is 134 cm³/mol. The Kier molecular flexibility index (Phi) is 7.70. The van der Waals surface area contributed by atoms with Crippen molar-refractivity contribution in [3.8, 4) is 28.5 Å². The SMILES string of the molecule is CCCc1cc(-c2cc(NCCc3c(OC)cc4c(c3C)OCCO4)ncn2)ccc1CC(=O)O. The first-order chi connectivity index (χ1) is 17.0. The summed E-state index contributed by atoms with van der Waals surface area (Å²) in [5, 5.41) is 12.6. The number of nitrogens with one attached hydrogen (secondary N) is 1. The summed E-state index contributed by atoms with van der Waals surface area (Å²) in [6, 6.07) is 9.65. The molecule has 0 bridgehead atoms. The molecule has 0 fully saturated rings.